The predicted molar refractivity (Wildman–Crippen MR) is 180 cm³/mol. The summed E-state index contributed by atoms with van der Waals surface area (Å²) in [6.45, 7) is 0. The molecular formula is C38H27NO2SiTe. The predicted octanol–water partition coefficient (Wildman–Crippen LogP) is 7.65. The fourth-order valence-corrected chi connectivity index (χ4v) is 16.3. The topological polar surface area (TPSA) is 37.4 Å². The molecule has 0 atom stereocenters. The van der Waals surface area contributed by atoms with E-state index in [1.165, 1.54) is 40.0 Å². The number of rotatable bonds is 2. The summed E-state index contributed by atoms with van der Waals surface area (Å²) in [5, 5.41) is 6.90. The summed E-state index contributed by atoms with van der Waals surface area (Å²) in [4.78, 5) is 30.5. The number of anilines is 3. The van der Waals surface area contributed by atoms with Crippen molar-refractivity contribution in [2.24, 2.45) is 0 Å². The van der Waals surface area contributed by atoms with Gasteiger partial charge >= 0.3 is 262 Å². The summed E-state index contributed by atoms with van der Waals surface area (Å²) < 4.78 is 2.43. The van der Waals surface area contributed by atoms with E-state index in [1.54, 1.807) is 10.4 Å². The molecule has 3 heterocycles. The molecule has 1 aromatic heterocycles. The van der Waals surface area contributed by atoms with E-state index in [-0.39, 0.29) is 11.6 Å². The van der Waals surface area contributed by atoms with Crippen molar-refractivity contribution in [1.29, 1.82) is 0 Å². The number of para-hydroxylation sites is 2. The molecule has 5 aromatic carbocycles. The maximum atomic E-state index is 14.0. The summed E-state index contributed by atoms with van der Waals surface area (Å²) >= 11 is -0.846. The van der Waals surface area contributed by atoms with Gasteiger partial charge in [-0.05, 0) is 0 Å². The van der Waals surface area contributed by atoms with E-state index < -0.39 is 28.5 Å². The number of carbonyl (C=O) groups is 2. The Morgan fingerprint density at radius 2 is 1.07 bits per heavy atom. The van der Waals surface area contributed by atoms with Crippen molar-refractivity contribution >= 4 is 93.1 Å². The number of benzene rings is 5. The third-order valence-electron chi connectivity index (χ3n) is 9.77. The van der Waals surface area contributed by atoms with Gasteiger partial charge in [0.05, 0.1) is 0 Å². The van der Waals surface area contributed by atoms with E-state index in [1.807, 2.05) is 54.6 Å². The number of carbonyl (C=O) groups excluding carboxylic acids is 2. The molecule has 0 amide bonds. The van der Waals surface area contributed by atoms with Crippen LogP contribution in [0.15, 0.2) is 115 Å². The molecule has 3 aliphatic rings. The normalized spacial score (nSPS) is 16.7. The van der Waals surface area contributed by atoms with Gasteiger partial charge in [-0.2, -0.15) is 0 Å². The van der Waals surface area contributed by atoms with Crippen LogP contribution in [0.5, 0.6) is 0 Å². The Kier molecular flexibility index (Phi) is 5.63. The first-order valence-corrected chi connectivity index (χ1v) is 19.7. The third kappa shape index (κ3) is 3.53. The fraction of sp³-hybridized carbons (Fsp3) is 0.105. The third-order valence-corrected chi connectivity index (χ3v) is 18.0. The average Bonchev–Trinajstić information content (AvgIpc) is 3.79. The quantitative estimate of drug-likeness (QED) is 0.0814. The Labute approximate surface area is 260 Å². The van der Waals surface area contributed by atoms with Crippen molar-refractivity contribution in [3.8, 4) is 0 Å². The van der Waals surface area contributed by atoms with Gasteiger partial charge in [-0.15, -0.1) is 0 Å². The Morgan fingerprint density at radius 1 is 0.581 bits per heavy atom. The molecule has 9 rings (SSSR count). The number of fused-ring (bicyclic) bond motifs is 10. The summed E-state index contributed by atoms with van der Waals surface area (Å²) in [6, 6.07) is 41.1. The van der Waals surface area contributed by atoms with Gasteiger partial charge in [0.25, 0.3) is 0 Å². The molecule has 1 aliphatic carbocycles. The van der Waals surface area contributed by atoms with E-state index in [0.29, 0.717) is 16.7 Å². The zero-order valence-corrected chi connectivity index (χ0v) is 26.8. The number of Topliss-reactive ketones (excluding diaryl/α,β-unsaturated/α-hetero) is 2. The van der Waals surface area contributed by atoms with E-state index in [2.05, 4.69) is 65.6 Å². The zero-order chi connectivity index (χ0) is 28.7. The van der Waals surface area contributed by atoms with E-state index in [4.69, 9.17) is 0 Å². The van der Waals surface area contributed by atoms with Gasteiger partial charge in [0.15, 0.2) is 0 Å². The molecular weight excluding hydrogens is 658 g/mol. The van der Waals surface area contributed by atoms with Crippen molar-refractivity contribution in [2.45, 2.75) is 24.9 Å². The van der Waals surface area contributed by atoms with E-state index in [9.17, 15) is 9.59 Å². The van der Waals surface area contributed by atoms with Gasteiger partial charge < -0.3 is 0 Å². The molecule has 43 heavy (non-hydrogen) atoms. The summed E-state index contributed by atoms with van der Waals surface area (Å²) in [7, 11) is -1.77. The molecule has 0 bridgehead atoms. The van der Waals surface area contributed by atoms with Crippen LogP contribution < -0.4 is 15.3 Å². The first-order valence-electron chi connectivity index (χ1n) is 15.0. The Morgan fingerprint density at radius 3 is 1.63 bits per heavy atom. The van der Waals surface area contributed by atoms with E-state index in [0.717, 1.165) is 25.1 Å². The Balaban J connectivity index is 1.17. The molecule has 0 N–H and O–H groups in total. The Hall–Kier alpha value is -4.01. The molecule has 0 saturated carbocycles. The molecule has 3 nitrogen and oxygen atoms in total. The number of hydrogen-bond donors (Lipinski definition) is 0. The summed E-state index contributed by atoms with van der Waals surface area (Å²) in [6.07, 6.45) is 4.55. The van der Waals surface area contributed by atoms with Crippen LogP contribution in [-0.4, -0.2) is 40.1 Å². The Bertz CT molecular complexity index is 2080. The second kappa shape index (κ2) is 9.49. The van der Waals surface area contributed by atoms with Crippen LogP contribution in [0.1, 0.15) is 37.1 Å². The maximum absolute atomic E-state index is 14.0. The van der Waals surface area contributed by atoms with Gasteiger partial charge in [0.2, 0.25) is 0 Å². The van der Waals surface area contributed by atoms with Crippen molar-refractivity contribution in [2.75, 3.05) is 4.90 Å². The van der Waals surface area contributed by atoms with Gasteiger partial charge in [-0.1, -0.05) is 0 Å². The van der Waals surface area contributed by atoms with Gasteiger partial charge in [-0.3, -0.25) is 0 Å². The SMILES string of the molecule is O=C1C(=Cc2ccc(N3c4ccccc4[Si]4(CCCC4)c4ccccc43)[te]2)C(=O)c2c1c1ccccc1c1ccccc21. The zero-order valence-electron chi connectivity index (χ0n) is 23.5. The van der Waals surface area contributed by atoms with Crippen LogP contribution in [0.3, 0.4) is 0 Å². The summed E-state index contributed by atoms with van der Waals surface area (Å²) in [5.41, 5.74) is 4.10. The molecule has 5 heteroatoms. The molecule has 6 aromatic rings. The molecule has 1 fully saturated rings. The molecule has 206 valence electrons. The number of hydrogen-bond acceptors (Lipinski definition) is 3. The van der Waals surface area contributed by atoms with Crippen molar-refractivity contribution in [3.05, 3.63) is 129 Å². The molecule has 1 saturated heterocycles. The van der Waals surface area contributed by atoms with Crippen LogP contribution in [-0.2, 0) is 0 Å². The second-order valence-corrected chi connectivity index (χ2v) is 19.3. The van der Waals surface area contributed by atoms with Crippen LogP contribution in [0.4, 0.5) is 15.1 Å². The van der Waals surface area contributed by atoms with Crippen LogP contribution in [0, 0.1) is 0 Å². The van der Waals surface area contributed by atoms with Gasteiger partial charge in [-0.25, -0.2) is 0 Å². The van der Waals surface area contributed by atoms with Crippen molar-refractivity contribution < 1.29 is 9.59 Å². The van der Waals surface area contributed by atoms with Crippen LogP contribution in [0.25, 0.3) is 27.6 Å². The minimum absolute atomic E-state index is 0.147. The standard InChI is InChI=1S/C38H27NO2SiTe/c40-37-29(38(41)36-28-14-4-2-12-26(28)25-11-1-3-13-27(25)35(36)37)23-24-19-20-34(43-24)39-30-15-5-7-17-32(30)42(21-9-10-22-42)33-18-8-6-16-31(33)39/h1-8,11-20,23H,9-10,21-22H2. The second-order valence-electron chi connectivity index (χ2n) is 11.9. The molecule has 1 spiro atoms. The van der Waals surface area contributed by atoms with Crippen molar-refractivity contribution in [1.82, 2.24) is 0 Å². The first-order chi connectivity index (χ1) is 21.2. The fourth-order valence-electron chi connectivity index (χ4n) is 7.97. The number of nitrogens with zero attached hydrogens (tertiary/aromatic N) is 1. The first kappa shape index (κ1) is 25.5. The molecule has 0 radical (unpaired) electrons. The van der Waals surface area contributed by atoms with Gasteiger partial charge in [0.1, 0.15) is 0 Å². The van der Waals surface area contributed by atoms with Crippen LogP contribution in [0.2, 0.25) is 12.1 Å². The minimum atomic E-state index is -1.77. The van der Waals surface area contributed by atoms with Crippen molar-refractivity contribution in [3.63, 3.8) is 0 Å². The average molecular weight is 685 g/mol. The monoisotopic (exact) mass is 687 g/mol. The van der Waals surface area contributed by atoms with Crippen LogP contribution >= 0.6 is 0 Å². The van der Waals surface area contributed by atoms with E-state index >= 15 is 0 Å². The molecule has 0 unspecified atom stereocenters. The summed E-state index contributed by atoms with van der Waals surface area (Å²) in [5.74, 6) is -0.293. The number of ketones is 2. The number of allylic oxidation sites excluding steroid dienone is 1. The van der Waals surface area contributed by atoms with Gasteiger partial charge in [0, 0.05) is 0 Å². The molecule has 2 aliphatic heterocycles.